The first-order valence-electron chi connectivity index (χ1n) is 3.39. The van der Waals surface area contributed by atoms with E-state index in [2.05, 4.69) is 4.98 Å². The van der Waals surface area contributed by atoms with Gasteiger partial charge in [0.1, 0.15) is 5.15 Å². The predicted octanol–water partition coefficient (Wildman–Crippen LogP) is 2.78. The van der Waals surface area contributed by atoms with Crippen molar-refractivity contribution in [3.63, 3.8) is 0 Å². The maximum Gasteiger partial charge on any atom is 0.265 e. The number of nitrogens with two attached hydrogens (primary N) is 1. The molecule has 0 aromatic carbocycles. The van der Waals surface area contributed by atoms with Gasteiger partial charge in [0.2, 0.25) is 0 Å². The van der Waals surface area contributed by atoms with Crippen LogP contribution in [0.2, 0.25) is 10.2 Å². The number of aromatic nitrogens is 1. The summed E-state index contributed by atoms with van der Waals surface area (Å²) in [7, 11) is 0. The average Bonchev–Trinajstić information content (AvgIpc) is 2.08. The second-order valence-corrected chi connectivity index (χ2v) is 3.06. The van der Waals surface area contributed by atoms with Crippen LogP contribution >= 0.6 is 23.2 Å². The third-order valence-corrected chi connectivity index (χ3v) is 2.08. The van der Waals surface area contributed by atoms with E-state index in [1.807, 2.05) is 0 Å². The lowest BCUT2D eigenvalue weighted by Gasteiger charge is -2.06. The van der Waals surface area contributed by atoms with Crippen LogP contribution in [-0.4, -0.2) is 4.98 Å². The van der Waals surface area contributed by atoms with Gasteiger partial charge in [-0.1, -0.05) is 23.2 Å². The third kappa shape index (κ3) is 2.27. The maximum atomic E-state index is 12.3. The highest BCUT2D eigenvalue weighted by atomic mass is 35.5. The summed E-state index contributed by atoms with van der Waals surface area (Å²) < 4.78 is 24.6. The fourth-order valence-electron chi connectivity index (χ4n) is 0.863. The van der Waals surface area contributed by atoms with Crippen LogP contribution in [0.4, 0.5) is 8.78 Å². The van der Waals surface area contributed by atoms with Crippen LogP contribution in [0.3, 0.4) is 0 Å². The molecule has 0 saturated heterocycles. The van der Waals surface area contributed by atoms with E-state index in [-0.39, 0.29) is 28.0 Å². The molecule has 0 spiro atoms. The Morgan fingerprint density at radius 1 is 1.46 bits per heavy atom. The molecule has 0 aliphatic rings. The van der Waals surface area contributed by atoms with Gasteiger partial charge < -0.3 is 5.73 Å². The molecule has 1 heterocycles. The molecule has 0 atom stereocenters. The predicted molar refractivity (Wildman–Crippen MR) is 47.1 cm³/mol. The Labute approximate surface area is 83.7 Å². The van der Waals surface area contributed by atoms with Crippen molar-refractivity contribution in [2.75, 3.05) is 0 Å². The van der Waals surface area contributed by atoms with Crippen molar-refractivity contribution in [3.05, 3.63) is 27.5 Å². The van der Waals surface area contributed by atoms with E-state index >= 15 is 0 Å². The highest BCUT2D eigenvalue weighted by Crippen LogP contribution is 2.30. The first kappa shape index (κ1) is 10.6. The zero-order valence-electron chi connectivity index (χ0n) is 6.40. The summed E-state index contributed by atoms with van der Waals surface area (Å²) in [5.74, 6) is 0. The van der Waals surface area contributed by atoms with Gasteiger partial charge in [0.15, 0.2) is 0 Å². The minimum Gasteiger partial charge on any atom is -0.325 e. The highest BCUT2D eigenvalue weighted by Gasteiger charge is 2.16. The van der Waals surface area contributed by atoms with Gasteiger partial charge in [0.05, 0.1) is 10.7 Å². The van der Waals surface area contributed by atoms with Gasteiger partial charge in [-0.25, -0.2) is 13.8 Å². The fraction of sp³-hybridized carbons (Fsp3) is 0.286. The smallest absolute Gasteiger partial charge is 0.265 e. The van der Waals surface area contributed by atoms with Gasteiger partial charge >= 0.3 is 0 Å². The molecule has 0 amide bonds. The molecule has 72 valence electrons. The summed E-state index contributed by atoms with van der Waals surface area (Å²) in [6.45, 7) is -0.0148. The van der Waals surface area contributed by atoms with Crippen LogP contribution in [-0.2, 0) is 6.54 Å². The highest BCUT2D eigenvalue weighted by molar-refractivity contribution is 6.33. The lowest BCUT2D eigenvalue weighted by molar-refractivity contribution is 0.151. The molecule has 0 radical (unpaired) electrons. The number of hydrogen-bond donors (Lipinski definition) is 1. The molecule has 1 rings (SSSR count). The number of nitrogens with zero attached hydrogens (tertiary/aromatic N) is 1. The molecule has 2 N–H and O–H groups in total. The largest absolute Gasteiger partial charge is 0.325 e. The Morgan fingerprint density at radius 2 is 2.08 bits per heavy atom. The summed E-state index contributed by atoms with van der Waals surface area (Å²) in [6, 6.07) is 1.04. The minimum atomic E-state index is -2.67. The summed E-state index contributed by atoms with van der Waals surface area (Å²) in [5.41, 5.74) is 5.09. The van der Waals surface area contributed by atoms with Crippen molar-refractivity contribution in [1.82, 2.24) is 4.98 Å². The number of pyridine rings is 1. The number of rotatable bonds is 2. The summed E-state index contributed by atoms with van der Waals surface area (Å²) in [5, 5.41) is -0.137. The van der Waals surface area contributed by atoms with E-state index in [1.54, 1.807) is 0 Å². The Kier molecular flexibility index (Phi) is 3.41. The molecular formula is C7H6Cl2F2N2. The summed E-state index contributed by atoms with van der Waals surface area (Å²) in [4.78, 5) is 3.71. The SMILES string of the molecule is NCc1nc(Cl)cc(C(F)F)c1Cl. The molecule has 0 aliphatic heterocycles. The molecule has 0 unspecified atom stereocenters. The molecule has 0 aliphatic carbocycles. The lowest BCUT2D eigenvalue weighted by atomic mass is 10.2. The standard InChI is InChI=1S/C7H6Cl2F2N2/c8-5-1-3(7(10)11)6(9)4(2-12)13-5/h1,7H,2,12H2. The van der Waals surface area contributed by atoms with Crippen LogP contribution in [0.1, 0.15) is 17.7 Å². The first-order valence-corrected chi connectivity index (χ1v) is 4.15. The molecule has 1 aromatic rings. The van der Waals surface area contributed by atoms with E-state index in [1.165, 1.54) is 0 Å². The zero-order valence-corrected chi connectivity index (χ0v) is 7.91. The monoisotopic (exact) mass is 226 g/mol. The van der Waals surface area contributed by atoms with Crippen LogP contribution in [0.15, 0.2) is 6.07 Å². The average molecular weight is 227 g/mol. The number of halogens is 4. The topological polar surface area (TPSA) is 38.9 Å². The molecular weight excluding hydrogens is 221 g/mol. The number of hydrogen-bond acceptors (Lipinski definition) is 2. The van der Waals surface area contributed by atoms with Crippen molar-refractivity contribution in [2.24, 2.45) is 5.73 Å². The minimum absolute atomic E-state index is 0.0148. The maximum absolute atomic E-state index is 12.3. The zero-order chi connectivity index (χ0) is 10.0. The van der Waals surface area contributed by atoms with Crippen LogP contribution in [0.25, 0.3) is 0 Å². The van der Waals surface area contributed by atoms with Crippen LogP contribution in [0.5, 0.6) is 0 Å². The van der Waals surface area contributed by atoms with Crippen LogP contribution < -0.4 is 5.73 Å². The molecule has 13 heavy (non-hydrogen) atoms. The van der Waals surface area contributed by atoms with Crippen molar-refractivity contribution in [3.8, 4) is 0 Å². The fourth-order valence-corrected chi connectivity index (χ4v) is 1.34. The van der Waals surface area contributed by atoms with E-state index in [4.69, 9.17) is 28.9 Å². The second-order valence-electron chi connectivity index (χ2n) is 2.30. The van der Waals surface area contributed by atoms with Gasteiger partial charge in [-0.3, -0.25) is 0 Å². The van der Waals surface area contributed by atoms with Crippen molar-refractivity contribution in [2.45, 2.75) is 13.0 Å². The quantitative estimate of drug-likeness (QED) is 0.789. The molecule has 0 fully saturated rings. The van der Waals surface area contributed by atoms with E-state index in [0.29, 0.717) is 0 Å². The van der Waals surface area contributed by atoms with Crippen molar-refractivity contribution in [1.29, 1.82) is 0 Å². The molecule has 2 nitrogen and oxygen atoms in total. The lowest BCUT2D eigenvalue weighted by Crippen LogP contribution is -2.03. The summed E-state index contributed by atoms with van der Waals surface area (Å²) in [6.07, 6.45) is -2.67. The van der Waals surface area contributed by atoms with Gasteiger partial charge in [0, 0.05) is 12.1 Å². The Morgan fingerprint density at radius 3 is 2.54 bits per heavy atom. The molecule has 1 aromatic heterocycles. The second kappa shape index (κ2) is 4.17. The molecule has 6 heteroatoms. The van der Waals surface area contributed by atoms with Crippen molar-refractivity contribution >= 4 is 23.2 Å². The Bertz CT molecular complexity index is 318. The van der Waals surface area contributed by atoms with Gasteiger partial charge in [-0.2, -0.15) is 0 Å². The Balaban J connectivity index is 3.27. The van der Waals surface area contributed by atoms with Crippen molar-refractivity contribution < 1.29 is 8.78 Å². The summed E-state index contributed by atoms with van der Waals surface area (Å²) >= 11 is 11.1. The number of alkyl halides is 2. The molecule has 0 bridgehead atoms. The van der Waals surface area contributed by atoms with Crippen LogP contribution in [0, 0.1) is 0 Å². The van der Waals surface area contributed by atoms with Gasteiger partial charge in [-0.05, 0) is 6.07 Å². The van der Waals surface area contributed by atoms with Gasteiger partial charge in [0.25, 0.3) is 6.43 Å². The third-order valence-electron chi connectivity index (χ3n) is 1.45. The van der Waals surface area contributed by atoms with E-state index < -0.39 is 6.43 Å². The van der Waals surface area contributed by atoms with E-state index in [9.17, 15) is 8.78 Å². The first-order chi connectivity index (χ1) is 6.06. The normalized spacial score (nSPS) is 10.9. The molecule has 0 saturated carbocycles. The van der Waals surface area contributed by atoms with Gasteiger partial charge in [-0.15, -0.1) is 0 Å². The van der Waals surface area contributed by atoms with E-state index in [0.717, 1.165) is 6.07 Å². The Hall–Kier alpha value is -0.450.